The maximum absolute atomic E-state index is 11.2. The van der Waals surface area contributed by atoms with Crippen LogP contribution in [0.4, 0.5) is 0 Å². The maximum Gasteiger partial charge on any atom is 0.356 e. The molecular weight excluding hydrogens is 463 g/mol. The summed E-state index contributed by atoms with van der Waals surface area (Å²) in [6, 6.07) is 17.7. The minimum Gasteiger partial charge on any atom is -0.321 e. The fraction of sp³-hybridized carbons (Fsp3) is 0.625. The standard InChI is InChI=1S/C16H27O3P.C16H26/c1-15(2,3)11-14(16(4,5)6)12-7-9-13(10-8-12)20(17,18)19;1-15(2,3)12-14(16(4,5)6)13-10-8-7-9-11-13/h7-10,14H,11H2,1-6H3,(H2,17,18,19);7-11,14H,12H2,1-6H3. The van der Waals surface area contributed by atoms with E-state index >= 15 is 0 Å². The first-order valence-corrected chi connectivity index (χ1v) is 14.8. The zero-order chi connectivity index (χ0) is 28.2. The fourth-order valence-electron chi connectivity index (χ4n) is 4.66. The van der Waals surface area contributed by atoms with Crippen LogP contribution in [-0.4, -0.2) is 9.79 Å². The third-order valence-corrected chi connectivity index (χ3v) is 7.53. The zero-order valence-corrected chi connectivity index (χ0v) is 25.9. The first-order chi connectivity index (χ1) is 16.0. The molecule has 0 bridgehead atoms. The van der Waals surface area contributed by atoms with Crippen LogP contribution < -0.4 is 5.30 Å². The Morgan fingerprint density at radius 2 is 0.917 bits per heavy atom. The summed E-state index contributed by atoms with van der Waals surface area (Å²) in [5.41, 5.74) is 3.65. The van der Waals surface area contributed by atoms with Crippen molar-refractivity contribution in [2.75, 3.05) is 0 Å². The van der Waals surface area contributed by atoms with Crippen LogP contribution in [0.25, 0.3) is 0 Å². The summed E-state index contributed by atoms with van der Waals surface area (Å²) in [5, 5.41) is 0.0877. The molecule has 0 aliphatic rings. The Labute approximate surface area is 222 Å². The van der Waals surface area contributed by atoms with E-state index in [9.17, 15) is 14.4 Å². The summed E-state index contributed by atoms with van der Waals surface area (Å²) in [6.07, 6.45) is 2.27. The maximum atomic E-state index is 11.2. The summed E-state index contributed by atoms with van der Waals surface area (Å²) in [4.78, 5) is 18.4. The van der Waals surface area contributed by atoms with Gasteiger partial charge in [0.2, 0.25) is 0 Å². The molecule has 0 saturated carbocycles. The van der Waals surface area contributed by atoms with E-state index in [1.807, 2.05) is 12.1 Å². The first-order valence-electron chi connectivity index (χ1n) is 13.2. The topological polar surface area (TPSA) is 57.5 Å². The number of hydrogen-bond donors (Lipinski definition) is 2. The molecule has 0 radical (unpaired) electrons. The second-order valence-electron chi connectivity index (χ2n) is 14.9. The molecule has 0 aliphatic heterocycles. The molecule has 2 aromatic carbocycles. The van der Waals surface area contributed by atoms with Crippen LogP contribution in [0.5, 0.6) is 0 Å². The Kier molecular flexibility index (Phi) is 10.8. The van der Waals surface area contributed by atoms with Crippen molar-refractivity contribution in [2.45, 2.75) is 108 Å². The predicted molar refractivity (Wildman–Crippen MR) is 157 cm³/mol. The van der Waals surface area contributed by atoms with Gasteiger partial charge in [0, 0.05) is 0 Å². The van der Waals surface area contributed by atoms with Crippen LogP contribution >= 0.6 is 7.60 Å². The van der Waals surface area contributed by atoms with Gasteiger partial charge in [0.05, 0.1) is 5.30 Å². The highest BCUT2D eigenvalue weighted by Gasteiger charge is 2.31. The summed E-state index contributed by atoms with van der Waals surface area (Å²) >= 11 is 0. The fourth-order valence-corrected chi connectivity index (χ4v) is 5.20. The molecule has 0 heterocycles. The lowest BCUT2D eigenvalue weighted by Crippen LogP contribution is -2.24. The Morgan fingerprint density at radius 1 is 0.583 bits per heavy atom. The summed E-state index contributed by atoms with van der Waals surface area (Å²) < 4.78 is 11.2. The van der Waals surface area contributed by atoms with Gasteiger partial charge in [-0.15, -0.1) is 0 Å². The second kappa shape index (κ2) is 12.0. The van der Waals surface area contributed by atoms with Crippen molar-refractivity contribution in [1.82, 2.24) is 0 Å². The smallest absolute Gasteiger partial charge is 0.321 e. The molecule has 204 valence electrons. The Hall–Kier alpha value is -1.41. The Morgan fingerprint density at radius 3 is 1.19 bits per heavy atom. The van der Waals surface area contributed by atoms with Crippen molar-refractivity contribution in [2.24, 2.45) is 21.7 Å². The molecule has 0 saturated heterocycles. The minimum atomic E-state index is -4.15. The monoisotopic (exact) mass is 516 g/mol. The van der Waals surface area contributed by atoms with Crippen LogP contribution in [0.1, 0.15) is 119 Å². The van der Waals surface area contributed by atoms with Crippen molar-refractivity contribution in [1.29, 1.82) is 0 Å². The SMILES string of the molecule is CC(C)(C)CC(c1ccc(P(=O)(O)O)cc1)C(C)(C)C.CC(C)(C)CC(c1ccccc1)C(C)(C)C. The van der Waals surface area contributed by atoms with Crippen molar-refractivity contribution in [3.63, 3.8) is 0 Å². The van der Waals surface area contributed by atoms with Gasteiger partial charge in [-0.2, -0.15) is 0 Å². The van der Waals surface area contributed by atoms with E-state index in [1.165, 1.54) is 12.0 Å². The molecule has 0 aliphatic carbocycles. The minimum absolute atomic E-state index is 0.0877. The number of benzene rings is 2. The van der Waals surface area contributed by atoms with E-state index in [0.717, 1.165) is 12.0 Å². The first kappa shape index (κ1) is 32.6. The van der Waals surface area contributed by atoms with Gasteiger partial charge in [-0.1, -0.05) is 126 Å². The lowest BCUT2D eigenvalue weighted by Gasteiger charge is -2.36. The molecule has 2 unspecified atom stereocenters. The van der Waals surface area contributed by atoms with E-state index in [1.54, 1.807) is 12.1 Å². The lowest BCUT2D eigenvalue weighted by atomic mass is 9.69. The Balaban J connectivity index is 0.000000369. The third kappa shape index (κ3) is 11.8. The van der Waals surface area contributed by atoms with Gasteiger partial charge in [0.25, 0.3) is 0 Å². The number of rotatable bonds is 5. The van der Waals surface area contributed by atoms with E-state index in [-0.39, 0.29) is 16.1 Å². The average molecular weight is 517 g/mol. The highest BCUT2D eigenvalue weighted by atomic mass is 31.2. The molecule has 2 atom stereocenters. The molecule has 0 fully saturated rings. The van der Waals surface area contributed by atoms with Gasteiger partial charge in [0.1, 0.15) is 0 Å². The van der Waals surface area contributed by atoms with Gasteiger partial charge in [-0.05, 0) is 69.6 Å². The quantitative estimate of drug-likeness (QED) is 0.389. The van der Waals surface area contributed by atoms with Crippen LogP contribution in [-0.2, 0) is 4.57 Å². The van der Waals surface area contributed by atoms with E-state index in [0.29, 0.717) is 22.7 Å². The number of hydrogen-bond acceptors (Lipinski definition) is 1. The van der Waals surface area contributed by atoms with Crippen molar-refractivity contribution >= 4 is 12.9 Å². The third-order valence-electron chi connectivity index (χ3n) is 6.56. The van der Waals surface area contributed by atoms with Crippen LogP contribution in [0.2, 0.25) is 0 Å². The van der Waals surface area contributed by atoms with Gasteiger partial charge in [0.15, 0.2) is 0 Å². The van der Waals surface area contributed by atoms with Gasteiger partial charge >= 0.3 is 7.60 Å². The van der Waals surface area contributed by atoms with Crippen molar-refractivity contribution in [3.05, 3.63) is 65.7 Å². The molecule has 3 nitrogen and oxygen atoms in total. The van der Waals surface area contributed by atoms with Gasteiger partial charge in [-0.25, -0.2) is 0 Å². The molecule has 2 rings (SSSR count). The summed E-state index contributed by atoms with van der Waals surface area (Å²) in [5.74, 6) is 0.988. The molecular formula is C32H53O3P. The second-order valence-corrected chi connectivity index (χ2v) is 16.5. The molecule has 4 heteroatoms. The zero-order valence-electron chi connectivity index (χ0n) is 25.0. The molecule has 2 N–H and O–H groups in total. The van der Waals surface area contributed by atoms with Gasteiger partial charge in [-0.3, -0.25) is 4.57 Å². The molecule has 2 aromatic rings. The highest BCUT2D eigenvalue weighted by molar-refractivity contribution is 7.60. The van der Waals surface area contributed by atoms with E-state index < -0.39 is 7.60 Å². The van der Waals surface area contributed by atoms with Crippen LogP contribution in [0, 0.1) is 21.7 Å². The molecule has 36 heavy (non-hydrogen) atoms. The van der Waals surface area contributed by atoms with Gasteiger partial charge < -0.3 is 9.79 Å². The van der Waals surface area contributed by atoms with E-state index in [4.69, 9.17) is 0 Å². The molecule has 0 aromatic heterocycles. The average Bonchev–Trinajstić information content (AvgIpc) is 2.68. The van der Waals surface area contributed by atoms with E-state index in [2.05, 4.69) is 113 Å². The van der Waals surface area contributed by atoms with Crippen molar-refractivity contribution < 1.29 is 14.4 Å². The largest absolute Gasteiger partial charge is 0.356 e. The lowest BCUT2D eigenvalue weighted by molar-refractivity contribution is 0.229. The normalized spacial score (nSPS) is 15.1. The summed E-state index contributed by atoms with van der Waals surface area (Å²) in [7, 11) is -4.15. The van der Waals surface area contributed by atoms with Crippen molar-refractivity contribution in [3.8, 4) is 0 Å². The molecule has 0 amide bonds. The van der Waals surface area contributed by atoms with Crippen LogP contribution in [0.15, 0.2) is 54.6 Å². The Bertz CT molecular complexity index is 960. The summed E-state index contributed by atoms with van der Waals surface area (Å²) in [6.45, 7) is 27.3. The molecule has 0 spiro atoms. The highest BCUT2D eigenvalue weighted by Crippen LogP contribution is 2.44. The van der Waals surface area contributed by atoms with Crippen LogP contribution in [0.3, 0.4) is 0 Å². The predicted octanol–water partition coefficient (Wildman–Crippen LogP) is 9.31.